The lowest BCUT2D eigenvalue weighted by Crippen LogP contribution is -2.34. The summed E-state index contributed by atoms with van der Waals surface area (Å²) in [6, 6.07) is 8.66. The molecule has 1 aliphatic heterocycles. The van der Waals surface area contributed by atoms with Crippen molar-refractivity contribution in [2.75, 3.05) is 36.5 Å². The molecule has 0 aliphatic carbocycles. The second-order valence-electron chi connectivity index (χ2n) is 5.93. The third-order valence-corrected chi connectivity index (χ3v) is 5.01. The van der Waals surface area contributed by atoms with Crippen LogP contribution in [-0.4, -0.2) is 46.2 Å². The molecule has 6 heteroatoms. The van der Waals surface area contributed by atoms with Gasteiger partial charge < -0.3 is 14.6 Å². The highest BCUT2D eigenvalue weighted by atomic mass is 32.2. The fourth-order valence-corrected chi connectivity index (χ4v) is 3.66. The number of hydrogen-bond donors (Lipinski definition) is 1. The molecule has 1 fully saturated rings. The van der Waals surface area contributed by atoms with Gasteiger partial charge in [0, 0.05) is 43.8 Å². The Hall–Kier alpha value is -1.53. The number of benzene rings is 1. The van der Waals surface area contributed by atoms with Crippen LogP contribution < -0.4 is 5.32 Å². The summed E-state index contributed by atoms with van der Waals surface area (Å²) in [5, 5.41) is 11.3. The van der Waals surface area contributed by atoms with E-state index in [4.69, 9.17) is 4.42 Å². The second kappa shape index (κ2) is 7.84. The van der Waals surface area contributed by atoms with E-state index in [-0.39, 0.29) is 6.04 Å². The van der Waals surface area contributed by atoms with Crippen molar-refractivity contribution in [1.82, 2.24) is 15.1 Å². The molecule has 0 spiro atoms. The third kappa shape index (κ3) is 4.72. The molecule has 3 rings (SSSR count). The number of aromatic nitrogens is 2. The molecule has 1 atom stereocenters. The van der Waals surface area contributed by atoms with Crippen molar-refractivity contribution < 1.29 is 4.42 Å². The van der Waals surface area contributed by atoms with Crippen LogP contribution in [0.25, 0.3) is 0 Å². The standard InChI is InChI=1S/C17H24N4OS/c1-13(17-20-19-14(2)22-17)18-16-5-3-15(4-6-16)7-8-21-9-11-23-12-10-21/h3-6,13,18H,7-12H2,1-2H3/t13-/m0/s1. The third-order valence-electron chi connectivity index (χ3n) is 4.07. The Morgan fingerprint density at radius 1 is 1.22 bits per heavy atom. The first-order valence-corrected chi connectivity index (χ1v) is 9.32. The molecule has 1 aromatic heterocycles. The summed E-state index contributed by atoms with van der Waals surface area (Å²) in [6.45, 7) is 7.44. The minimum atomic E-state index is 0.00731. The molecular formula is C17H24N4OS. The van der Waals surface area contributed by atoms with Crippen LogP contribution in [-0.2, 0) is 6.42 Å². The zero-order valence-electron chi connectivity index (χ0n) is 13.8. The first kappa shape index (κ1) is 16.3. The Kier molecular flexibility index (Phi) is 5.56. The summed E-state index contributed by atoms with van der Waals surface area (Å²) in [5.41, 5.74) is 2.46. The van der Waals surface area contributed by atoms with Crippen molar-refractivity contribution in [2.24, 2.45) is 0 Å². The monoisotopic (exact) mass is 332 g/mol. The molecule has 1 N–H and O–H groups in total. The van der Waals surface area contributed by atoms with Crippen molar-refractivity contribution in [2.45, 2.75) is 26.3 Å². The molecule has 0 saturated carbocycles. The fraction of sp³-hybridized carbons (Fsp3) is 0.529. The molecule has 0 unspecified atom stereocenters. The van der Waals surface area contributed by atoms with Gasteiger partial charge in [-0.05, 0) is 31.0 Å². The van der Waals surface area contributed by atoms with Crippen LogP contribution in [0.4, 0.5) is 5.69 Å². The molecule has 1 saturated heterocycles. The van der Waals surface area contributed by atoms with E-state index in [0.29, 0.717) is 11.8 Å². The Labute approximate surface area is 141 Å². The summed E-state index contributed by atoms with van der Waals surface area (Å²) in [7, 11) is 0. The average Bonchev–Trinajstić information content (AvgIpc) is 3.02. The van der Waals surface area contributed by atoms with Crippen LogP contribution >= 0.6 is 11.8 Å². The lowest BCUT2D eigenvalue weighted by molar-refractivity contribution is 0.306. The van der Waals surface area contributed by atoms with Gasteiger partial charge in [-0.1, -0.05) is 12.1 Å². The molecular weight excluding hydrogens is 308 g/mol. The van der Waals surface area contributed by atoms with Crippen LogP contribution in [0, 0.1) is 6.92 Å². The maximum Gasteiger partial charge on any atom is 0.238 e. The van der Waals surface area contributed by atoms with Gasteiger partial charge >= 0.3 is 0 Å². The Morgan fingerprint density at radius 3 is 2.61 bits per heavy atom. The predicted octanol–water partition coefficient (Wildman–Crippen LogP) is 3.14. The number of anilines is 1. The minimum absolute atomic E-state index is 0.00731. The molecule has 2 aromatic rings. The van der Waals surface area contributed by atoms with E-state index < -0.39 is 0 Å². The van der Waals surface area contributed by atoms with E-state index in [1.807, 2.05) is 6.92 Å². The normalized spacial score (nSPS) is 17.1. The van der Waals surface area contributed by atoms with Gasteiger partial charge in [-0.2, -0.15) is 11.8 Å². The molecule has 0 bridgehead atoms. The molecule has 1 aromatic carbocycles. The van der Waals surface area contributed by atoms with Crippen LogP contribution in [0.2, 0.25) is 0 Å². The highest BCUT2D eigenvalue weighted by Gasteiger charge is 2.12. The highest BCUT2D eigenvalue weighted by Crippen LogP contribution is 2.19. The van der Waals surface area contributed by atoms with Crippen molar-refractivity contribution in [3.63, 3.8) is 0 Å². The van der Waals surface area contributed by atoms with Crippen molar-refractivity contribution in [1.29, 1.82) is 0 Å². The van der Waals surface area contributed by atoms with Gasteiger partial charge in [-0.3, -0.25) is 0 Å². The Bertz CT molecular complexity index is 607. The molecule has 1 aliphatic rings. The molecule has 23 heavy (non-hydrogen) atoms. The number of hydrogen-bond acceptors (Lipinski definition) is 6. The maximum absolute atomic E-state index is 5.46. The van der Waals surface area contributed by atoms with Gasteiger partial charge in [0.15, 0.2) is 0 Å². The van der Waals surface area contributed by atoms with Crippen molar-refractivity contribution in [3.05, 3.63) is 41.6 Å². The second-order valence-corrected chi connectivity index (χ2v) is 7.15. The molecule has 124 valence electrons. The fourth-order valence-electron chi connectivity index (χ4n) is 2.68. The van der Waals surface area contributed by atoms with Crippen molar-refractivity contribution in [3.8, 4) is 0 Å². The van der Waals surface area contributed by atoms with Crippen LogP contribution in [0.1, 0.15) is 30.3 Å². The largest absolute Gasteiger partial charge is 0.423 e. The Morgan fingerprint density at radius 2 is 1.96 bits per heavy atom. The number of rotatable bonds is 6. The van der Waals surface area contributed by atoms with E-state index >= 15 is 0 Å². The van der Waals surface area contributed by atoms with Gasteiger partial charge in [-0.15, -0.1) is 10.2 Å². The summed E-state index contributed by atoms with van der Waals surface area (Å²) in [5.74, 6) is 3.76. The number of nitrogens with one attached hydrogen (secondary N) is 1. The average molecular weight is 332 g/mol. The van der Waals surface area contributed by atoms with Gasteiger partial charge in [0.2, 0.25) is 11.8 Å². The lowest BCUT2D eigenvalue weighted by Gasteiger charge is -2.26. The molecule has 2 heterocycles. The van der Waals surface area contributed by atoms with Gasteiger partial charge in [0.1, 0.15) is 6.04 Å². The predicted molar refractivity (Wildman–Crippen MR) is 95.0 cm³/mol. The van der Waals surface area contributed by atoms with Crippen LogP contribution in [0.15, 0.2) is 28.7 Å². The Balaban J connectivity index is 1.50. The summed E-state index contributed by atoms with van der Waals surface area (Å²) in [4.78, 5) is 2.56. The van der Waals surface area contributed by atoms with E-state index in [1.165, 1.54) is 30.2 Å². The number of thioether (sulfide) groups is 1. The first-order valence-electron chi connectivity index (χ1n) is 8.16. The molecule has 0 radical (unpaired) electrons. The molecule has 0 amide bonds. The molecule has 5 nitrogen and oxygen atoms in total. The SMILES string of the molecule is Cc1nnc([C@H](C)Nc2ccc(CCN3CCSCC3)cc2)o1. The minimum Gasteiger partial charge on any atom is -0.423 e. The highest BCUT2D eigenvalue weighted by molar-refractivity contribution is 7.99. The topological polar surface area (TPSA) is 54.2 Å². The van der Waals surface area contributed by atoms with Crippen LogP contribution in [0.3, 0.4) is 0 Å². The van der Waals surface area contributed by atoms with Gasteiger partial charge in [0.25, 0.3) is 0 Å². The zero-order valence-corrected chi connectivity index (χ0v) is 14.6. The zero-order chi connectivity index (χ0) is 16.1. The number of aryl methyl sites for hydroxylation is 1. The van der Waals surface area contributed by atoms with E-state index in [1.54, 1.807) is 6.92 Å². The number of nitrogens with zero attached hydrogens (tertiary/aromatic N) is 3. The van der Waals surface area contributed by atoms with Gasteiger partial charge in [-0.25, -0.2) is 0 Å². The summed E-state index contributed by atoms with van der Waals surface area (Å²) < 4.78 is 5.46. The van der Waals surface area contributed by atoms with E-state index in [0.717, 1.165) is 18.7 Å². The van der Waals surface area contributed by atoms with Crippen molar-refractivity contribution >= 4 is 17.4 Å². The smallest absolute Gasteiger partial charge is 0.238 e. The van der Waals surface area contributed by atoms with Crippen LogP contribution in [0.5, 0.6) is 0 Å². The lowest BCUT2D eigenvalue weighted by atomic mass is 10.1. The first-order chi connectivity index (χ1) is 11.2. The summed E-state index contributed by atoms with van der Waals surface area (Å²) >= 11 is 2.06. The summed E-state index contributed by atoms with van der Waals surface area (Å²) in [6.07, 6.45) is 1.11. The van der Waals surface area contributed by atoms with E-state index in [2.05, 4.69) is 56.4 Å². The van der Waals surface area contributed by atoms with Gasteiger partial charge in [0.05, 0.1) is 0 Å². The quantitative estimate of drug-likeness (QED) is 0.877. The maximum atomic E-state index is 5.46. The van der Waals surface area contributed by atoms with E-state index in [9.17, 15) is 0 Å².